The lowest BCUT2D eigenvalue weighted by atomic mass is 9.88. The summed E-state index contributed by atoms with van der Waals surface area (Å²) >= 11 is 0. The van der Waals surface area contributed by atoms with Crippen molar-refractivity contribution in [2.24, 2.45) is 0 Å². The first-order chi connectivity index (χ1) is 14.0. The molecule has 2 unspecified atom stereocenters. The van der Waals surface area contributed by atoms with Gasteiger partial charge in [-0.25, -0.2) is 0 Å². The van der Waals surface area contributed by atoms with E-state index >= 15 is 0 Å². The lowest BCUT2D eigenvalue weighted by Gasteiger charge is -2.38. The van der Waals surface area contributed by atoms with Gasteiger partial charge in [-0.2, -0.15) is 0 Å². The van der Waals surface area contributed by atoms with Gasteiger partial charge in [0, 0.05) is 13.1 Å². The van der Waals surface area contributed by atoms with Crippen LogP contribution >= 0.6 is 0 Å². The molecule has 0 N–H and O–H groups in total. The van der Waals surface area contributed by atoms with Crippen LogP contribution in [-0.4, -0.2) is 42.9 Å². The molecule has 3 rings (SSSR count). The molecule has 3 heteroatoms. The van der Waals surface area contributed by atoms with E-state index in [9.17, 15) is 4.79 Å². The maximum Gasteiger partial charge on any atom is 0.234 e. The largest absolute Gasteiger partial charge is 0.336 e. The summed E-state index contributed by atoms with van der Waals surface area (Å²) in [5.74, 6) is -0.229. The van der Waals surface area contributed by atoms with Gasteiger partial charge in [0.05, 0.1) is 12.0 Å². The van der Waals surface area contributed by atoms with Gasteiger partial charge in [-0.15, -0.1) is 0 Å². The van der Waals surface area contributed by atoms with E-state index in [2.05, 4.69) is 38.1 Å². The highest BCUT2D eigenvalue weighted by Gasteiger charge is 2.33. The maximum absolute atomic E-state index is 13.9. The summed E-state index contributed by atoms with van der Waals surface area (Å²) in [4.78, 5) is 18.0. The molecule has 0 saturated carbocycles. The number of carbonyl (C=O) groups is 1. The van der Waals surface area contributed by atoms with Gasteiger partial charge in [0.15, 0.2) is 0 Å². The van der Waals surface area contributed by atoms with Gasteiger partial charge in [-0.3, -0.25) is 4.79 Å². The van der Waals surface area contributed by atoms with Crippen molar-refractivity contribution in [2.45, 2.75) is 24.9 Å². The van der Waals surface area contributed by atoms with Crippen molar-refractivity contribution < 1.29 is 4.79 Å². The van der Waals surface area contributed by atoms with Crippen molar-refractivity contribution in [1.82, 2.24) is 9.80 Å². The zero-order valence-corrected chi connectivity index (χ0v) is 17.7. The van der Waals surface area contributed by atoms with Crippen LogP contribution in [0, 0.1) is 0 Å². The first-order valence-electron chi connectivity index (χ1n) is 10.1. The van der Waals surface area contributed by atoms with E-state index in [0.29, 0.717) is 0 Å². The molecule has 29 heavy (non-hydrogen) atoms. The van der Waals surface area contributed by atoms with Crippen molar-refractivity contribution in [3.8, 4) is 0 Å². The Labute approximate surface area is 174 Å². The Morgan fingerprint density at radius 2 is 1.03 bits per heavy atom. The molecule has 1 amide bonds. The number of hydrogen-bond donors (Lipinski definition) is 0. The number of rotatable bonds is 7. The summed E-state index contributed by atoms with van der Waals surface area (Å²) in [6.45, 7) is 2.17. The Balaban J connectivity index is 2.03. The zero-order valence-electron chi connectivity index (χ0n) is 17.7. The molecule has 0 radical (unpaired) electrons. The quantitative estimate of drug-likeness (QED) is 0.572. The molecule has 150 valence electrons. The molecule has 3 aromatic rings. The molecule has 0 aliphatic carbocycles. The van der Waals surface area contributed by atoms with Crippen LogP contribution in [0.1, 0.15) is 35.6 Å². The van der Waals surface area contributed by atoms with Crippen molar-refractivity contribution in [3.05, 3.63) is 108 Å². The number of benzene rings is 3. The van der Waals surface area contributed by atoms with Crippen LogP contribution in [0.5, 0.6) is 0 Å². The maximum atomic E-state index is 13.9. The third-order valence-corrected chi connectivity index (χ3v) is 5.69. The van der Waals surface area contributed by atoms with Gasteiger partial charge >= 0.3 is 0 Å². The molecule has 3 aromatic carbocycles. The van der Waals surface area contributed by atoms with Crippen LogP contribution in [0.4, 0.5) is 0 Å². The molecule has 0 aliphatic heterocycles. The Kier molecular flexibility index (Phi) is 6.84. The smallest absolute Gasteiger partial charge is 0.234 e. The summed E-state index contributed by atoms with van der Waals surface area (Å²) in [6, 6.07) is 30.5. The first-order valence-corrected chi connectivity index (χ1v) is 10.1. The van der Waals surface area contributed by atoms with E-state index in [1.807, 2.05) is 90.8 Å². The van der Waals surface area contributed by atoms with Gasteiger partial charge in [0.2, 0.25) is 5.91 Å². The van der Waals surface area contributed by atoms with E-state index in [-0.39, 0.29) is 23.9 Å². The van der Waals surface area contributed by atoms with Gasteiger partial charge in [-0.1, -0.05) is 91.0 Å². The lowest BCUT2D eigenvalue weighted by Crippen LogP contribution is -2.44. The SMILES string of the molecule is CC(C(c1ccccc1)N(C)C(=O)C(c1ccccc1)c1ccccc1)N(C)C. The van der Waals surface area contributed by atoms with Gasteiger partial charge < -0.3 is 9.80 Å². The highest BCUT2D eigenvalue weighted by Crippen LogP contribution is 2.32. The average molecular weight is 387 g/mol. The standard InChI is InChI=1S/C26H30N2O/c1-20(27(2)3)25(23-18-12-7-13-19-23)28(4)26(29)24(21-14-8-5-9-15-21)22-16-10-6-11-17-22/h5-20,24-25H,1-4H3. The molecule has 3 nitrogen and oxygen atoms in total. The number of nitrogens with zero attached hydrogens (tertiary/aromatic N) is 2. The predicted octanol–water partition coefficient (Wildman–Crippen LogP) is 4.97. The zero-order chi connectivity index (χ0) is 20.8. The van der Waals surface area contributed by atoms with Crippen LogP contribution in [0.25, 0.3) is 0 Å². The molecule has 0 spiro atoms. The second kappa shape index (κ2) is 9.53. The number of hydrogen-bond acceptors (Lipinski definition) is 2. The topological polar surface area (TPSA) is 23.6 Å². The molecule has 0 heterocycles. The fraction of sp³-hybridized carbons (Fsp3) is 0.269. The van der Waals surface area contributed by atoms with E-state index in [0.717, 1.165) is 16.7 Å². The van der Waals surface area contributed by atoms with Gasteiger partial charge in [-0.05, 0) is 37.7 Å². The Morgan fingerprint density at radius 3 is 1.41 bits per heavy atom. The van der Waals surface area contributed by atoms with Gasteiger partial charge in [0.25, 0.3) is 0 Å². The molecule has 2 atom stereocenters. The highest BCUT2D eigenvalue weighted by atomic mass is 16.2. The first kappa shape index (κ1) is 20.8. The summed E-state index contributed by atoms with van der Waals surface area (Å²) in [7, 11) is 6.05. The molecule has 0 saturated heterocycles. The minimum Gasteiger partial charge on any atom is -0.336 e. The molecular weight excluding hydrogens is 356 g/mol. The van der Waals surface area contributed by atoms with E-state index in [1.165, 1.54) is 0 Å². The van der Waals surface area contributed by atoms with Crippen LogP contribution in [0.2, 0.25) is 0 Å². The minimum atomic E-state index is -0.331. The normalized spacial score (nSPS) is 13.3. The van der Waals surface area contributed by atoms with Crippen molar-refractivity contribution >= 4 is 5.91 Å². The van der Waals surface area contributed by atoms with Crippen LogP contribution in [-0.2, 0) is 4.79 Å². The second-order valence-corrected chi connectivity index (χ2v) is 7.76. The van der Waals surface area contributed by atoms with E-state index in [1.54, 1.807) is 0 Å². The summed E-state index contributed by atoms with van der Waals surface area (Å²) in [6.07, 6.45) is 0. The van der Waals surface area contributed by atoms with Crippen LogP contribution in [0.3, 0.4) is 0 Å². The van der Waals surface area contributed by atoms with Crippen molar-refractivity contribution in [2.75, 3.05) is 21.1 Å². The molecule has 0 bridgehead atoms. The van der Waals surface area contributed by atoms with E-state index in [4.69, 9.17) is 0 Å². The predicted molar refractivity (Wildman–Crippen MR) is 120 cm³/mol. The highest BCUT2D eigenvalue weighted by molar-refractivity contribution is 5.87. The Morgan fingerprint density at radius 1 is 0.655 bits per heavy atom. The second-order valence-electron chi connectivity index (χ2n) is 7.76. The lowest BCUT2D eigenvalue weighted by molar-refractivity contribution is -0.134. The van der Waals surface area contributed by atoms with Gasteiger partial charge in [0.1, 0.15) is 0 Å². The third kappa shape index (κ3) is 4.75. The molecule has 0 fully saturated rings. The summed E-state index contributed by atoms with van der Waals surface area (Å²) < 4.78 is 0. The number of amides is 1. The van der Waals surface area contributed by atoms with Crippen molar-refractivity contribution in [3.63, 3.8) is 0 Å². The monoisotopic (exact) mass is 386 g/mol. The van der Waals surface area contributed by atoms with Crippen LogP contribution < -0.4 is 0 Å². The van der Waals surface area contributed by atoms with Crippen LogP contribution in [0.15, 0.2) is 91.0 Å². The molecular formula is C26H30N2O. The van der Waals surface area contributed by atoms with E-state index < -0.39 is 0 Å². The fourth-order valence-electron chi connectivity index (χ4n) is 3.87. The summed E-state index contributed by atoms with van der Waals surface area (Å²) in [5, 5.41) is 0. The molecule has 0 aliphatic rings. The number of carbonyl (C=O) groups excluding carboxylic acids is 1. The Hall–Kier alpha value is -2.91. The Bertz CT molecular complexity index is 854. The molecule has 0 aromatic heterocycles. The average Bonchev–Trinajstić information content (AvgIpc) is 2.76. The minimum absolute atomic E-state index is 0.0476. The fourth-order valence-corrected chi connectivity index (χ4v) is 3.87. The number of likely N-dealkylation sites (N-methyl/N-ethyl adjacent to an activating group) is 2. The van der Waals surface area contributed by atoms with Crippen molar-refractivity contribution in [1.29, 1.82) is 0 Å². The third-order valence-electron chi connectivity index (χ3n) is 5.69. The summed E-state index contributed by atoms with van der Waals surface area (Å²) in [5.41, 5.74) is 3.17.